The number of nitrogens with zero attached hydrogens (tertiary/aromatic N) is 2. The van der Waals surface area contributed by atoms with Gasteiger partial charge in [-0.1, -0.05) is 36.8 Å². The second kappa shape index (κ2) is 12.8. The van der Waals surface area contributed by atoms with Crippen LogP contribution in [0.15, 0.2) is 72.8 Å². The van der Waals surface area contributed by atoms with E-state index in [9.17, 15) is 4.79 Å². The highest BCUT2D eigenvalue weighted by molar-refractivity contribution is 5.95. The second-order valence-corrected chi connectivity index (χ2v) is 8.93. The predicted molar refractivity (Wildman–Crippen MR) is 144 cm³/mol. The van der Waals surface area contributed by atoms with Crippen LogP contribution in [-0.2, 0) is 13.0 Å². The molecule has 1 aromatic heterocycles. The van der Waals surface area contributed by atoms with Crippen LogP contribution in [0.25, 0.3) is 11.0 Å². The number of unbranched alkanes of at least 4 members (excludes halogenated alkanes) is 2. The number of imidazole rings is 1. The van der Waals surface area contributed by atoms with E-state index in [1.165, 1.54) is 5.52 Å². The van der Waals surface area contributed by atoms with Gasteiger partial charge in [0.1, 0.15) is 17.3 Å². The molecule has 1 N–H and O–H groups in total. The number of para-hydroxylation sites is 2. The van der Waals surface area contributed by atoms with Gasteiger partial charge in [-0.15, -0.1) is 0 Å². The summed E-state index contributed by atoms with van der Waals surface area (Å²) in [5.74, 6) is 2.79. The van der Waals surface area contributed by atoms with Gasteiger partial charge in [0, 0.05) is 25.1 Å². The van der Waals surface area contributed by atoms with Gasteiger partial charge in [0.2, 0.25) is 0 Å². The van der Waals surface area contributed by atoms with E-state index < -0.39 is 0 Å². The van der Waals surface area contributed by atoms with Gasteiger partial charge in [-0.25, -0.2) is 4.98 Å². The molecule has 1 amide bonds. The SMILES string of the molecule is COc1ccc(OCCCn2c(CCCCCNC(=O)c3ccccc3C)nc3ccccc32)cc1. The maximum absolute atomic E-state index is 12.4. The van der Waals surface area contributed by atoms with Crippen molar-refractivity contribution in [3.8, 4) is 11.5 Å². The lowest BCUT2D eigenvalue weighted by Crippen LogP contribution is -2.25. The number of ether oxygens (including phenoxy) is 2. The van der Waals surface area contributed by atoms with Gasteiger partial charge in [-0.05, 0) is 74.2 Å². The number of carbonyl (C=O) groups is 1. The number of hydrogen-bond donors (Lipinski definition) is 1. The fraction of sp³-hybridized carbons (Fsp3) is 0.333. The molecule has 6 heteroatoms. The first kappa shape index (κ1) is 25.3. The van der Waals surface area contributed by atoms with Crippen molar-refractivity contribution >= 4 is 16.9 Å². The number of aryl methyl sites for hydroxylation is 3. The standard InChI is InChI=1S/C30H35N3O3/c1-23-11-5-6-12-26(23)30(34)31-20-9-3-4-15-29-32-27-13-7-8-14-28(27)33(29)21-10-22-36-25-18-16-24(35-2)17-19-25/h5-8,11-14,16-19H,3-4,9-10,15,20-22H2,1-2H3,(H,31,34). The molecule has 0 bridgehead atoms. The average Bonchev–Trinajstić information content (AvgIpc) is 3.26. The summed E-state index contributed by atoms with van der Waals surface area (Å²) in [7, 11) is 1.66. The highest BCUT2D eigenvalue weighted by Gasteiger charge is 2.11. The van der Waals surface area contributed by atoms with Crippen molar-refractivity contribution in [1.82, 2.24) is 14.9 Å². The summed E-state index contributed by atoms with van der Waals surface area (Å²) < 4.78 is 13.4. The summed E-state index contributed by atoms with van der Waals surface area (Å²) in [4.78, 5) is 17.3. The minimum absolute atomic E-state index is 0.00625. The number of methoxy groups -OCH3 is 1. The average molecular weight is 486 g/mol. The summed E-state index contributed by atoms with van der Waals surface area (Å²) in [6.07, 6.45) is 4.83. The van der Waals surface area contributed by atoms with Crippen LogP contribution in [0.4, 0.5) is 0 Å². The fourth-order valence-corrected chi connectivity index (χ4v) is 4.36. The molecule has 0 spiro atoms. The van der Waals surface area contributed by atoms with Crippen LogP contribution >= 0.6 is 0 Å². The predicted octanol–water partition coefficient (Wildman–Crippen LogP) is 5.97. The van der Waals surface area contributed by atoms with E-state index in [0.717, 1.165) is 72.6 Å². The Hall–Kier alpha value is -3.80. The molecule has 6 nitrogen and oxygen atoms in total. The van der Waals surface area contributed by atoms with Crippen molar-refractivity contribution in [2.24, 2.45) is 0 Å². The molecule has 0 radical (unpaired) electrons. The highest BCUT2D eigenvalue weighted by atomic mass is 16.5. The number of hydrogen-bond acceptors (Lipinski definition) is 4. The first-order valence-electron chi connectivity index (χ1n) is 12.7. The summed E-state index contributed by atoms with van der Waals surface area (Å²) in [6.45, 7) is 4.15. The Morgan fingerprint density at radius 3 is 2.44 bits per heavy atom. The Morgan fingerprint density at radius 2 is 1.64 bits per heavy atom. The van der Waals surface area contributed by atoms with Gasteiger partial charge in [-0.2, -0.15) is 0 Å². The molecule has 4 rings (SSSR count). The van der Waals surface area contributed by atoms with Gasteiger partial charge in [0.25, 0.3) is 5.91 Å². The molecule has 0 aliphatic heterocycles. The summed E-state index contributed by atoms with van der Waals surface area (Å²) in [5, 5.41) is 3.04. The number of rotatable bonds is 13. The highest BCUT2D eigenvalue weighted by Crippen LogP contribution is 2.20. The number of amides is 1. The molecule has 36 heavy (non-hydrogen) atoms. The molecule has 0 unspecified atom stereocenters. The van der Waals surface area contributed by atoms with E-state index in [4.69, 9.17) is 14.5 Å². The number of fused-ring (bicyclic) bond motifs is 1. The van der Waals surface area contributed by atoms with Gasteiger partial charge < -0.3 is 19.4 Å². The van der Waals surface area contributed by atoms with Crippen LogP contribution in [0.5, 0.6) is 11.5 Å². The third kappa shape index (κ3) is 6.66. The van der Waals surface area contributed by atoms with Crippen molar-refractivity contribution in [3.05, 3.63) is 89.7 Å². The van der Waals surface area contributed by atoms with Crippen LogP contribution in [0.2, 0.25) is 0 Å². The van der Waals surface area contributed by atoms with Gasteiger partial charge >= 0.3 is 0 Å². The molecule has 0 saturated carbocycles. The normalized spacial score (nSPS) is 10.9. The Kier molecular flexibility index (Phi) is 8.98. The van der Waals surface area contributed by atoms with Crippen molar-refractivity contribution in [3.63, 3.8) is 0 Å². The minimum Gasteiger partial charge on any atom is -0.497 e. The summed E-state index contributed by atoms with van der Waals surface area (Å²) >= 11 is 0. The lowest BCUT2D eigenvalue weighted by Gasteiger charge is -2.11. The van der Waals surface area contributed by atoms with Gasteiger partial charge in [-0.3, -0.25) is 4.79 Å². The number of nitrogens with one attached hydrogen (secondary N) is 1. The second-order valence-electron chi connectivity index (χ2n) is 8.93. The number of aromatic nitrogens is 2. The van der Waals surface area contributed by atoms with Crippen LogP contribution < -0.4 is 14.8 Å². The van der Waals surface area contributed by atoms with Crippen LogP contribution in [0, 0.1) is 6.92 Å². The van der Waals surface area contributed by atoms with E-state index in [-0.39, 0.29) is 5.91 Å². The molecule has 1 heterocycles. The Morgan fingerprint density at radius 1 is 0.889 bits per heavy atom. The Balaban J connectivity index is 1.24. The van der Waals surface area contributed by atoms with Crippen LogP contribution in [0.1, 0.15) is 47.4 Å². The number of carbonyl (C=O) groups excluding carboxylic acids is 1. The maximum atomic E-state index is 12.4. The molecular weight excluding hydrogens is 450 g/mol. The zero-order valence-electron chi connectivity index (χ0n) is 21.2. The fourth-order valence-electron chi connectivity index (χ4n) is 4.36. The maximum Gasteiger partial charge on any atom is 0.251 e. The van der Waals surface area contributed by atoms with Crippen molar-refractivity contribution in [2.75, 3.05) is 20.3 Å². The smallest absolute Gasteiger partial charge is 0.251 e. The van der Waals surface area contributed by atoms with Crippen LogP contribution in [0.3, 0.4) is 0 Å². The van der Waals surface area contributed by atoms with E-state index in [1.54, 1.807) is 7.11 Å². The number of benzene rings is 3. The zero-order chi connectivity index (χ0) is 25.2. The molecule has 4 aromatic rings. The molecule has 0 aliphatic rings. The molecular formula is C30H35N3O3. The molecule has 0 saturated heterocycles. The molecule has 0 fully saturated rings. The third-order valence-electron chi connectivity index (χ3n) is 6.34. The third-order valence-corrected chi connectivity index (χ3v) is 6.34. The van der Waals surface area contributed by atoms with E-state index in [0.29, 0.717) is 13.2 Å². The lowest BCUT2D eigenvalue weighted by atomic mass is 10.1. The van der Waals surface area contributed by atoms with Gasteiger partial charge in [0.15, 0.2) is 0 Å². The largest absolute Gasteiger partial charge is 0.497 e. The zero-order valence-corrected chi connectivity index (χ0v) is 21.2. The van der Waals surface area contributed by atoms with Crippen molar-refractivity contribution in [1.29, 1.82) is 0 Å². The van der Waals surface area contributed by atoms with Gasteiger partial charge in [0.05, 0.1) is 24.8 Å². The summed E-state index contributed by atoms with van der Waals surface area (Å²) in [6, 6.07) is 23.7. The Labute approximate surface area is 213 Å². The minimum atomic E-state index is 0.00625. The van der Waals surface area contributed by atoms with E-state index in [2.05, 4.69) is 28.1 Å². The molecule has 0 aliphatic carbocycles. The monoisotopic (exact) mass is 485 g/mol. The topological polar surface area (TPSA) is 65.4 Å². The Bertz CT molecular complexity index is 1260. The first-order valence-corrected chi connectivity index (χ1v) is 12.7. The van der Waals surface area contributed by atoms with Crippen molar-refractivity contribution < 1.29 is 14.3 Å². The van der Waals surface area contributed by atoms with E-state index in [1.807, 2.05) is 61.5 Å². The van der Waals surface area contributed by atoms with E-state index >= 15 is 0 Å². The lowest BCUT2D eigenvalue weighted by molar-refractivity contribution is 0.0952. The summed E-state index contributed by atoms with van der Waals surface area (Å²) in [5.41, 5.74) is 3.96. The first-order chi connectivity index (χ1) is 17.7. The van der Waals surface area contributed by atoms with Crippen LogP contribution in [-0.4, -0.2) is 35.7 Å². The molecule has 188 valence electrons. The molecule has 0 atom stereocenters. The molecule has 3 aromatic carbocycles. The van der Waals surface area contributed by atoms with Crippen molar-refractivity contribution in [2.45, 2.75) is 45.6 Å². The quantitative estimate of drug-likeness (QED) is 0.237.